The Morgan fingerprint density at radius 3 is 1.92 bits per heavy atom. The molecule has 2 N–H and O–H groups in total. The lowest BCUT2D eigenvalue weighted by molar-refractivity contribution is -0.139. The van der Waals surface area contributed by atoms with Gasteiger partial charge in [-0.1, -0.05) is 78.9 Å². The fourth-order valence-electron chi connectivity index (χ4n) is 4.98. The number of nitriles is 1. The molecular weight excluding hydrogens is 466 g/mol. The maximum absolute atomic E-state index is 13.5. The number of ether oxygens (including phenoxy) is 2. The molecule has 7 nitrogen and oxygen atoms in total. The van der Waals surface area contributed by atoms with E-state index in [9.17, 15) is 14.9 Å². The highest BCUT2D eigenvalue weighted by atomic mass is 16.5. The Morgan fingerprint density at radius 1 is 0.838 bits per heavy atom. The van der Waals surface area contributed by atoms with Crippen molar-refractivity contribution in [1.29, 1.82) is 5.26 Å². The number of carbonyl (C=O) groups excluding carboxylic acids is 2. The summed E-state index contributed by atoms with van der Waals surface area (Å²) >= 11 is 0. The number of benzene rings is 4. The van der Waals surface area contributed by atoms with Crippen LogP contribution in [0.5, 0.6) is 0 Å². The minimum Gasteiger partial charge on any atom is -0.466 e. The van der Waals surface area contributed by atoms with Crippen molar-refractivity contribution >= 4 is 39.2 Å². The number of allylic oxidation sites excluding steroid dienone is 1. The quantitative estimate of drug-likeness (QED) is 0.321. The molecule has 1 aliphatic rings. The van der Waals surface area contributed by atoms with Crippen molar-refractivity contribution in [3.8, 4) is 6.07 Å². The van der Waals surface area contributed by atoms with Gasteiger partial charge in [0, 0.05) is 10.8 Å². The van der Waals surface area contributed by atoms with Crippen LogP contribution in [-0.2, 0) is 19.1 Å². The molecule has 4 aromatic carbocycles. The first-order valence-corrected chi connectivity index (χ1v) is 11.6. The molecule has 1 unspecified atom stereocenters. The van der Waals surface area contributed by atoms with Gasteiger partial charge in [0.1, 0.15) is 11.5 Å². The molecule has 1 aliphatic heterocycles. The van der Waals surface area contributed by atoms with Gasteiger partial charge in [0.15, 0.2) is 0 Å². The number of rotatable bonds is 4. The second-order valence-corrected chi connectivity index (χ2v) is 8.50. The zero-order valence-electron chi connectivity index (χ0n) is 20.3. The predicted molar refractivity (Wildman–Crippen MR) is 141 cm³/mol. The summed E-state index contributed by atoms with van der Waals surface area (Å²) in [7, 11) is 2.47. The summed E-state index contributed by atoms with van der Waals surface area (Å²) in [5, 5.41) is 13.7. The average molecular weight is 490 g/mol. The van der Waals surface area contributed by atoms with Gasteiger partial charge in [0.25, 0.3) is 0 Å². The molecule has 4 aromatic rings. The molecule has 0 fully saturated rings. The van der Waals surface area contributed by atoms with Gasteiger partial charge in [-0.25, -0.2) is 9.59 Å². The molecule has 7 heteroatoms. The van der Waals surface area contributed by atoms with Crippen LogP contribution in [0, 0.1) is 11.3 Å². The van der Waals surface area contributed by atoms with Crippen molar-refractivity contribution in [2.45, 2.75) is 5.92 Å². The van der Waals surface area contributed by atoms with E-state index in [0.717, 1.165) is 21.5 Å². The lowest BCUT2D eigenvalue weighted by Crippen LogP contribution is -2.41. The molecule has 0 aromatic heterocycles. The number of methoxy groups -OCH3 is 2. The third kappa shape index (κ3) is 3.76. The van der Waals surface area contributed by atoms with E-state index < -0.39 is 17.9 Å². The van der Waals surface area contributed by atoms with E-state index in [2.05, 4.69) is 6.07 Å². The minimum atomic E-state index is -0.926. The van der Waals surface area contributed by atoms with E-state index in [1.807, 2.05) is 60.7 Å². The Balaban J connectivity index is 1.97. The number of hydrogen-bond acceptors (Lipinski definition) is 7. The Bertz CT molecular complexity index is 1610. The molecule has 0 spiro atoms. The van der Waals surface area contributed by atoms with Crippen LogP contribution in [-0.4, -0.2) is 26.2 Å². The standard InChI is InChI=1S/C30H23N3O4/c1-36-29(34)25-24(18-10-4-3-5-11-18)23(17-31)28(32)33(27(25)30(35)37-2)26-21-14-8-6-12-19(21)16-20-13-7-9-15-22(20)26/h3-16,24H,32H2,1-2H3. The van der Waals surface area contributed by atoms with Crippen molar-refractivity contribution in [2.75, 3.05) is 19.1 Å². The normalized spacial score (nSPS) is 15.6. The number of hydrogen-bond donors (Lipinski definition) is 1. The fourth-order valence-corrected chi connectivity index (χ4v) is 4.98. The van der Waals surface area contributed by atoms with Crippen LogP contribution in [0.4, 0.5) is 5.69 Å². The van der Waals surface area contributed by atoms with Crippen LogP contribution < -0.4 is 10.6 Å². The van der Waals surface area contributed by atoms with Gasteiger partial charge >= 0.3 is 11.9 Å². The first-order chi connectivity index (χ1) is 18.0. The first kappa shape index (κ1) is 23.6. The summed E-state index contributed by atoms with van der Waals surface area (Å²) in [6, 6.07) is 28.5. The third-order valence-corrected chi connectivity index (χ3v) is 6.58. The van der Waals surface area contributed by atoms with Crippen molar-refractivity contribution in [2.24, 2.45) is 5.73 Å². The smallest absolute Gasteiger partial charge is 0.355 e. The summed E-state index contributed by atoms with van der Waals surface area (Å²) < 4.78 is 10.3. The van der Waals surface area contributed by atoms with Crippen molar-refractivity contribution in [3.05, 3.63) is 113 Å². The lowest BCUT2D eigenvalue weighted by atomic mass is 9.80. The Morgan fingerprint density at radius 2 is 1.38 bits per heavy atom. The summed E-state index contributed by atoms with van der Waals surface area (Å²) in [5.74, 6) is -2.43. The molecule has 0 aliphatic carbocycles. The Labute approximate surface area is 213 Å². The van der Waals surface area contributed by atoms with Crippen LogP contribution in [0.2, 0.25) is 0 Å². The average Bonchev–Trinajstić information content (AvgIpc) is 2.95. The van der Waals surface area contributed by atoms with Crippen molar-refractivity contribution in [1.82, 2.24) is 0 Å². The molecule has 0 saturated carbocycles. The van der Waals surface area contributed by atoms with Crippen LogP contribution in [0.25, 0.3) is 21.5 Å². The second-order valence-electron chi connectivity index (χ2n) is 8.50. The minimum absolute atomic E-state index is 0.0247. The van der Waals surface area contributed by atoms with E-state index in [-0.39, 0.29) is 22.7 Å². The highest BCUT2D eigenvalue weighted by Crippen LogP contribution is 2.46. The molecule has 0 saturated heterocycles. The van der Waals surface area contributed by atoms with Crippen molar-refractivity contribution < 1.29 is 19.1 Å². The zero-order chi connectivity index (χ0) is 26.1. The molecule has 182 valence electrons. The number of fused-ring (bicyclic) bond motifs is 2. The summed E-state index contributed by atoms with van der Waals surface area (Å²) in [6.07, 6.45) is 0. The maximum atomic E-state index is 13.5. The predicted octanol–water partition coefficient (Wildman–Crippen LogP) is 4.89. The van der Waals surface area contributed by atoms with Gasteiger partial charge < -0.3 is 15.2 Å². The topological polar surface area (TPSA) is 106 Å². The monoisotopic (exact) mass is 489 g/mol. The fraction of sp³-hybridized carbons (Fsp3) is 0.100. The number of nitrogens with zero attached hydrogens (tertiary/aromatic N) is 2. The van der Waals surface area contributed by atoms with Gasteiger partial charge in [-0.15, -0.1) is 0 Å². The van der Waals surface area contributed by atoms with Crippen LogP contribution in [0.3, 0.4) is 0 Å². The van der Waals surface area contributed by atoms with Crippen LogP contribution in [0.15, 0.2) is 108 Å². The molecule has 1 heterocycles. The molecule has 0 amide bonds. The number of nitrogens with two attached hydrogens (primary N) is 1. The van der Waals surface area contributed by atoms with E-state index in [4.69, 9.17) is 15.2 Å². The highest BCUT2D eigenvalue weighted by molar-refractivity contribution is 6.16. The maximum Gasteiger partial charge on any atom is 0.355 e. The lowest BCUT2D eigenvalue weighted by Gasteiger charge is -2.37. The molecule has 1 atom stereocenters. The van der Waals surface area contributed by atoms with E-state index in [1.54, 1.807) is 24.3 Å². The summed E-state index contributed by atoms with van der Waals surface area (Å²) in [5.41, 5.74) is 7.93. The Kier molecular flexibility index (Phi) is 6.08. The summed E-state index contributed by atoms with van der Waals surface area (Å²) in [4.78, 5) is 28.3. The van der Waals surface area contributed by atoms with Gasteiger partial charge in [-0.3, -0.25) is 4.90 Å². The third-order valence-electron chi connectivity index (χ3n) is 6.58. The summed E-state index contributed by atoms with van der Waals surface area (Å²) in [6.45, 7) is 0. The van der Waals surface area contributed by atoms with E-state index >= 15 is 0 Å². The number of anilines is 1. The largest absolute Gasteiger partial charge is 0.466 e. The zero-order valence-corrected chi connectivity index (χ0v) is 20.3. The van der Waals surface area contributed by atoms with Gasteiger partial charge in [0.2, 0.25) is 0 Å². The van der Waals surface area contributed by atoms with Gasteiger partial charge in [0.05, 0.1) is 43.0 Å². The Hall–Kier alpha value is -5.09. The van der Waals surface area contributed by atoms with E-state index in [1.165, 1.54) is 19.1 Å². The van der Waals surface area contributed by atoms with Crippen LogP contribution in [0.1, 0.15) is 11.5 Å². The molecule has 0 radical (unpaired) electrons. The van der Waals surface area contributed by atoms with Gasteiger partial charge in [-0.05, 0) is 22.4 Å². The first-order valence-electron chi connectivity index (χ1n) is 11.6. The molecule has 0 bridgehead atoms. The molecule has 37 heavy (non-hydrogen) atoms. The molecule has 5 rings (SSSR count). The van der Waals surface area contributed by atoms with E-state index in [0.29, 0.717) is 11.3 Å². The van der Waals surface area contributed by atoms with Crippen molar-refractivity contribution in [3.63, 3.8) is 0 Å². The number of carbonyl (C=O) groups is 2. The highest BCUT2D eigenvalue weighted by Gasteiger charge is 2.43. The molecular formula is C30H23N3O4. The SMILES string of the molecule is COC(=O)C1=C(C(=O)OC)N(c2c3ccccc3cc3ccccc23)C(N)=C(C#N)C1c1ccccc1. The second kappa shape index (κ2) is 9.51. The van der Waals surface area contributed by atoms with Crippen LogP contribution >= 0.6 is 0 Å². The van der Waals surface area contributed by atoms with Gasteiger partial charge in [-0.2, -0.15) is 5.26 Å². The number of esters is 2.